The standard InChI is InChI=1S/C15H23N3O/c1-2-12-11(6-5-7-13(12)16)10-18-15(19)14-8-3-4-9-17-14/h5-7,14,17H,2-4,8-10,16H2,1H3,(H,18,19)/t14-/m0/s1. The summed E-state index contributed by atoms with van der Waals surface area (Å²) >= 11 is 0. The van der Waals surface area contributed by atoms with Crippen molar-refractivity contribution < 1.29 is 4.79 Å². The lowest BCUT2D eigenvalue weighted by Crippen LogP contribution is -2.46. The van der Waals surface area contributed by atoms with Crippen molar-refractivity contribution in [2.45, 2.75) is 45.2 Å². The second-order valence-corrected chi connectivity index (χ2v) is 5.06. The first-order chi connectivity index (χ1) is 9.22. The summed E-state index contributed by atoms with van der Waals surface area (Å²) in [6.07, 6.45) is 4.12. The number of nitrogen functional groups attached to an aromatic ring is 1. The molecule has 1 heterocycles. The molecule has 0 unspecified atom stereocenters. The average molecular weight is 261 g/mol. The second kappa shape index (κ2) is 6.57. The Labute approximate surface area is 114 Å². The summed E-state index contributed by atoms with van der Waals surface area (Å²) in [5.41, 5.74) is 9.02. The maximum atomic E-state index is 12.1. The summed E-state index contributed by atoms with van der Waals surface area (Å²) in [4.78, 5) is 12.1. The van der Waals surface area contributed by atoms with E-state index in [1.54, 1.807) is 0 Å². The molecule has 4 N–H and O–H groups in total. The van der Waals surface area contributed by atoms with Gasteiger partial charge in [-0.25, -0.2) is 0 Å². The van der Waals surface area contributed by atoms with E-state index in [4.69, 9.17) is 5.73 Å². The highest BCUT2D eigenvalue weighted by Gasteiger charge is 2.20. The van der Waals surface area contributed by atoms with Crippen molar-refractivity contribution in [3.8, 4) is 0 Å². The van der Waals surface area contributed by atoms with E-state index in [2.05, 4.69) is 17.6 Å². The maximum absolute atomic E-state index is 12.1. The van der Waals surface area contributed by atoms with Crippen LogP contribution in [0.5, 0.6) is 0 Å². The van der Waals surface area contributed by atoms with Crippen molar-refractivity contribution in [1.82, 2.24) is 10.6 Å². The van der Waals surface area contributed by atoms with Gasteiger partial charge in [-0.1, -0.05) is 25.5 Å². The largest absolute Gasteiger partial charge is 0.398 e. The number of carbonyl (C=O) groups excluding carboxylic acids is 1. The van der Waals surface area contributed by atoms with Crippen LogP contribution in [-0.2, 0) is 17.8 Å². The fourth-order valence-corrected chi connectivity index (χ4v) is 2.63. The molecule has 4 nitrogen and oxygen atoms in total. The van der Waals surface area contributed by atoms with Crippen LogP contribution >= 0.6 is 0 Å². The van der Waals surface area contributed by atoms with Crippen LogP contribution in [0.3, 0.4) is 0 Å². The molecule has 0 radical (unpaired) electrons. The normalized spacial score (nSPS) is 19.1. The van der Waals surface area contributed by atoms with Crippen molar-refractivity contribution in [3.63, 3.8) is 0 Å². The molecule has 0 saturated carbocycles. The third-order valence-electron chi connectivity index (χ3n) is 3.74. The summed E-state index contributed by atoms with van der Waals surface area (Å²) in [6, 6.07) is 5.85. The number of rotatable bonds is 4. The zero-order valence-electron chi connectivity index (χ0n) is 11.5. The lowest BCUT2D eigenvalue weighted by molar-refractivity contribution is -0.123. The number of piperidine rings is 1. The van der Waals surface area contributed by atoms with Gasteiger partial charge in [-0.2, -0.15) is 0 Å². The Kier molecular flexibility index (Phi) is 4.80. The Morgan fingerprint density at radius 3 is 3.00 bits per heavy atom. The van der Waals surface area contributed by atoms with Crippen molar-refractivity contribution in [3.05, 3.63) is 29.3 Å². The molecule has 1 fully saturated rings. The van der Waals surface area contributed by atoms with Gasteiger partial charge in [0, 0.05) is 12.2 Å². The van der Waals surface area contributed by atoms with E-state index in [1.165, 1.54) is 6.42 Å². The van der Waals surface area contributed by atoms with Crippen molar-refractivity contribution in [2.24, 2.45) is 0 Å². The minimum absolute atomic E-state index is 0.0279. The first-order valence-corrected chi connectivity index (χ1v) is 7.09. The van der Waals surface area contributed by atoms with Gasteiger partial charge in [0.05, 0.1) is 6.04 Å². The molecule has 0 bridgehead atoms. The Hall–Kier alpha value is -1.55. The van der Waals surface area contributed by atoms with Gasteiger partial charge >= 0.3 is 0 Å². The number of anilines is 1. The van der Waals surface area contributed by atoms with Gasteiger partial charge in [0.25, 0.3) is 0 Å². The summed E-state index contributed by atoms with van der Waals surface area (Å²) in [5, 5.41) is 6.27. The fraction of sp³-hybridized carbons (Fsp3) is 0.533. The van der Waals surface area contributed by atoms with Crippen LogP contribution in [0.25, 0.3) is 0 Å². The van der Waals surface area contributed by atoms with Gasteiger partial charge < -0.3 is 16.4 Å². The SMILES string of the molecule is CCc1c(N)cccc1CNC(=O)[C@@H]1CCCCN1. The first-order valence-electron chi connectivity index (χ1n) is 7.09. The first kappa shape index (κ1) is 13.9. The van der Waals surface area contributed by atoms with E-state index in [1.807, 2.05) is 18.2 Å². The number of nitrogens with one attached hydrogen (secondary N) is 2. The monoisotopic (exact) mass is 261 g/mol. The van der Waals surface area contributed by atoms with Crippen molar-refractivity contribution in [2.75, 3.05) is 12.3 Å². The quantitative estimate of drug-likeness (QED) is 0.721. The highest BCUT2D eigenvalue weighted by Crippen LogP contribution is 2.17. The molecule has 1 amide bonds. The molecule has 19 heavy (non-hydrogen) atoms. The van der Waals surface area contributed by atoms with Crippen LogP contribution in [0.4, 0.5) is 5.69 Å². The summed E-state index contributed by atoms with van der Waals surface area (Å²) in [6.45, 7) is 3.58. The summed E-state index contributed by atoms with van der Waals surface area (Å²) in [5.74, 6) is 0.101. The van der Waals surface area contributed by atoms with E-state index in [9.17, 15) is 4.79 Å². The summed E-state index contributed by atoms with van der Waals surface area (Å²) < 4.78 is 0. The zero-order chi connectivity index (χ0) is 13.7. The fourth-order valence-electron chi connectivity index (χ4n) is 2.63. The van der Waals surface area contributed by atoms with E-state index in [-0.39, 0.29) is 11.9 Å². The number of carbonyl (C=O) groups is 1. The molecule has 0 spiro atoms. The van der Waals surface area contributed by atoms with Crippen LogP contribution in [0.1, 0.15) is 37.3 Å². The Morgan fingerprint density at radius 2 is 2.32 bits per heavy atom. The highest BCUT2D eigenvalue weighted by atomic mass is 16.2. The van der Waals surface area contributed by atoms with Crippen LogP contribution in [0.2, 0.25) is 0 Å². The average Bonchev–Trinajstić information content (AvgIpc) is 2.45. The van der Waals surface area contributed by atoms with Gasteiger partial charge in [0.2, 0.25) is 5.91 Å². The molecular weight excluding hydrogens is 238 g/mol. The van der Waals surface area contributed by atoms with Crippen LogP contribution in [0, 0.1) is 0 Å². The molecule has 1 aliphatic heterocycles. The minimum atomic E-state index is -0.0279. The van der Waals surface area contributed by atoms with Crippen LogP contribution in [-0.4, -0.2) is 18.5 Å². The Bertz CT molecular complexity index is 439. The topological polar surface area (TPSA) is 67.1 Å². The van der Waals surface area contributed by atoms with Crippen molar-refractivity contribution >= 4 is 11.6 Å². The molecular formula is C15H23N3O. The van der Waals surface area contributed by atoms with Gasteiger partial charge in [-0.3, -0.25) is 4.79 Å². The molecule has 1 aliphatic rings. The molecule has 1 aromatic carbocycles. The van der Waals surface area contributed by atoms with E-state index < -0.39 is 0 Å². The smallest absolute Gasteiger partial charge is 0.237 e. The highest BCUT2D eigenvalue weighted by molar-refractivity contribution is 5.81. The Balaban J connectivity index is 1.94. The molecule has 104 valence electrons. The second-order valence-electron chi connectivity index (χ2n) is 5.06. The molecule has 2 rings (SSSR count). The molecule has 1 aromatic rings. The van der Waals surface area contributed by atoms with E-state index >= 15 is 0 Å². The number of hydrogen-bond acceptors (Lipinski definition) is 3. The predicted octanol–water partition coefficient (Wildman–Crippen LogP) is 1.59. The van der Waals surface area contributed by atoms with Crippen LogP contribution < -0.4 is 16.4 Å². The zero-order valence-corrected chi connectivity index (χ0v) is 11.5. The predicted molar refractivity (Wildman–Crippen MR) is 77.7 cm³/mol. The number of hydrogen-bond donors (Lipinski definition) is 3. The number of nitrogens with two attached hydrogens (primary N) is 1. The van der Waals surface area contributed by atoms with E-state index in [0.717, 1.165) is 42.6 Å². The molecule has 1 saturated heterocycles. The molecule has 4 heteroatoms. The van der Waals surface area contributed by atoms with Gasteiger partial charge in [0.15, 0.2) is 0 Å². The minimum Gasteiger partial charge on any atom is -0.398 e. The summed E-state index contributed by atoms with van der Waals surface area (Å²) in [7, 11) is 0. The Morgan fingerprint density at radius 1 is 1.47 bits per heavy atom. The van der Waals surface area contributed by atoms with E-state index in [0.29, 0.717) is 6.54 Å². The third kappa shape index (κ3) is 3.47. The number of benzene rings is 1. The van der Waals surface area contributed by atoms with Gasteiger partial charge in [0.1, 0.15) is 0 Å². The van der Waals surface area contributed by atoms with Gasteiger partial charge in [-0.15, -0.1) is 0 Å². The third-order valence-corrected chi connectivity index (χ3v) is 3.74. The lowest BCUT2D eigenvalue weighted by Gasteiger charge is -2.22. The van der Waals surface area contributed by atoms with Crippen molar-refractivity contribution in [1.29, 1.82) is 0 Å². The molecule has 1 atom stereocenters. The molecule has 0 aliphatic carbocycles. The number of amides is 1. The lowest BCUT2D eigenvalue weighted by atomic mass is 10.0. The van der Waals surface area contributed by atoms with Crippen LogP contribution in [0.15, 0.2) is 18.2 Å². The van der Waals surface area contributed by atoms with Gasteiger partial charge in [-0.05, 0) is 43.0 Å². The molecule has 0 aromatic heterocycles. The maximum Gasteiger partial charge on any atom is 0.237 e.